The summed E-state index contributed by atoms with van der Waals surface area (Å²) in [6, 6.07) is 1.86. The fourth-order valence-corrected chi connectivity index (χ4v) is 2.07. The van der Waals surface area contributed by atoms with Crippen molar-refractivity contribution in [1.82, 2.24) is 9.78 Å². The molecule has 0 aliphatic heterocycles. The first-order chi connectivity index (χ1) is 11.8. The maximum absolute atomic E-state index is 11.5. The zero-order valence-corrected chi connectivity index (χ0v) is 15.8. The third kappa shape index (κ3) is 6.67. The Bertz CT molecular complexity index is 698. The number of nitrogens with zero attached hydrogens (tertiary/aromatic N) is 2. The van der Waals surface area contributed by atoms with Gasteiger partial charge in [0, 0.05) is 13.2 Å². The highest BCUT2D eigenvalue weighted by Gasteiger charge is 2.15. The van der Waals surface area contributed by atoms with Gasteiger partial charge in [-0.1, -0.05) is 17.7 Å². The molecule has 0 saturated heterocycles. The van der Waals surface area contributed by atoms with Crippen LogP contribution in [-0.4, -0.2) is 20.9 Å². The molecular weight excluding hydrogens is 316 g/mol. The molecule has 0 unspecified atom stereocenters. The number of carboxylic acid groups (broad SMARTS) is 1. The summed E-state index contributed by atoms with van der Waals surface area (Å²) in [6.07, 6.45) is 4.99. The van der Waals surface area contributed by atoms with Gasteiger partial charge in [-0.2, -0.15) is 5.10 Å². The van der Waals surface area contributed by atoms with E-state index in [4.69, 9.17) is 4.74 Å². The number of aryl methyl sites for hydroxylation is 1. The molecule has 1 aromatic rings. The van der Waals surface area contributed by atoms with Crippen LogP contribution in [0.15, 0.2) is 72.2 Å². The highest BCUT2D eigenvalue weighted by Crippen LogP contribution is 2.23. The van der Waals surface area contributed by atoms with E-state index in [-0.39, 0.29) is 5.57 Å². The van der Waals surface area contributed by atoms with Crippen LogP contribution < -0.4 is 0 Å². The third-order valence-corrected chi connectivity index (χ3v) is 3.32. The number of ether oxygens (including phenoxy) is 1. The van der Waals surface area contributed by atoms with Crippen LogP contribution in [0.5, 0.6) is 0 Å². The summed E-state index contributed by atoms with van der Waals surface area (Å²) in [5, 5.41) is 13.5. The zero-order valence-electron chi connectivity index (χ0n) is 15.8. The predicted molar refractivity (Wildman–Crippen MR) is 102 cm³/mol. The Morgan fingerprint density at radius 3 is 2.24 bits per heavy atom. The lowest BCUT2D eigenvalue weighted by atomic mass is 9.97. The Labute approximate surface area is 150 Å². The Balaban J connectivity index is 0.00000277. The van der Waals surface area contributed by atoms with Gasteiger partial charge in [0.25, 0.3) is 0 Å². The Kier molecular flexibility index (Phi) is 9.64. The number of rotatable bonds is 7. The summed E-state index contributed by atoms with van der Waals surface area (Å²) in [5.41, 5.74) is 3.47. The predicted octanol–water partition coefficient (Wildman–Crippen LogP) is 4.57. The summed E-state index contributed by atoms with van der Waals surface area (Å²) >= 11 is 0. The lowest BCUT2D eigenvalue weighted by Gasteiger charge is -2.12. The number of hydrogen-bond donors (Lipinski definition) is 1. The van der Waals surface area contributed by atoms with Crippen molar-refractivity contribution in [2.75, 3.05) is 0 Å². The summed E-state index contributed by atoms with van der Waals surface area (Å²) in [5.74, 6) is -0.435. The van der Waals surface area contributed by atoms with Crippen molar-refractivity contribution in [2.45, 2.75) is 34.3 Å². The van der Waals surface area contributed by atoms with Crippen LogP contribution in [0, 0.1) is 0 Å². The molecule has 0 aliphatic carbocycles. The van der Waals surface area contributed by atoms with Crippen molar-refractivity contribution in [1.29, 1.82) is 0 Å². The number of hydrogen-bond acceptors (Lipinski definition) is 3. The van der Waals surface area contributed by atoms with E-state index in [1.807, 2.05) is 27.0 Å². The van der Waals surface area contributed by atoms with Crippen LogP contribution in [-0.2, 0) is 23.2 Å². The minimum absolute atomic E-state index is 0.286. The van der Waals surface area contributed by atoms with Crippen molar-refractivity contribution in [3.8, 4) is 0 Å². The van der Waals surface area contributed by atoms with E-state index in [0.29, 0.717) is 17.9 Å². The summed E-state index contributed by atoms with van der Waals surface area (Å²) in [4.78, 5) is 11.5. The largest absolute Gasteiger partial charge is 0.487 e. The van der Waals surface area contributed by atoms with Gasteiger partial charge in [-0.15, -0.1) is 13.2 Å². The Morgan fingerprint density at radius 2 is 1.88 bits per heavy atom. The molecule has 136 valence electrons. The molecule has 1 N–H and O–H groups in total. The number of allylic oxidation sites excluding steroid dienone is 4. The molecule has 0 amide bonds. The van der Waals surface area contributed by atoms with Crippen molar-refractivity contribution < 1.29 is 14.6 Å². The Hall–Kier alpha value is -2.82. The van der Waals surface area contributed by atoms with Crippen LogP contribution in [0.4, 0.5) is 0 Å². The first kappa shape index (κ1) is 22.2. The van der Waals surface area contributed by atoms with Crippen molar-refractivity contribution in [2.24, 2.45) is 7.05 Å². The average molecular weight is 344 g/mol. The van der Waals surface area contributed by atoms with Crippen molar-refractivity contribution >= 4 is 5.97 Å². The first-order valence-corrected chi connectivity index (χ1v) is 7.80. The Morgan fingerprint density at radius 1 is 1.28 bits per heavy atom. The number of aliphatic carboxylic acids is 1. The molecule has 1 rings (SSSR count). The van der Waals surface area contributed by atoms with E-state index in [1.165, 1.54) is 0 Å². The first-order valence-electron chi connectivity index (χ1n) is 7.80. The molecule has 0 saturated carbocycles. The second-order valence-corrected chi connectivity index (χ2v) is 5.58. The second kappa shape index (κ2) is 10.9. The van der Waals surface area contributed by atoms with Gasteiger partial charge in [0.2, 0.25) is 0 Å². The fraction of sp³-hybridized carbons (Fsp3) is 0.300. The van der Waals surface area contributed by atoms with Crippen LogP contribution >= 0.6 is 0 Å². The SMILES string of the molecule is C=C.C=C/C(=C\C(=C(C)C)C(C(=O)O)=C(C)C)OCc1ccnn1C. The van der Waals surface area contributed by atoms with E-state index in [2.05, 4.69) is 24.8 Å². The normalized spacial score (nSPS) is 10.2. The van der Waals surface area contributed by atoms with Crippen LogP contribution in [0.2, 0.25) is 0 Å². The van der Waals surface area contributed by atoms with Gasteiger partial charge < -0.3 is 9.84 Å². The average Bonchev–Trinajstić information content (AvgIpc) is 2.96. The topological polar surface area (TPSA) is 64.3 Å². The van der Waals surface area contributed by atoms with E-state index >= 15 is 0 Å². The maximum atomic E-state index is 11.5. The molecule has 0 atom stereocenters. The molecule has 0 radical (unpaired) electrons. The molecular formula is C20H28N2O3. The molecule has 0 aliphatic rings. The third-order valence-electron chi connectivity index (χ3n) is 3.32. The summed E-state index contributed by atoms with van der Waals surface area (Å²) < 4.78 is 7.46. The lowest BCUT2D eigenvalue weighted by molar-refractivity contribution is -0.132. The van der Waals surface area contributed by atoms with Crippen LogP contribution in [0.3, 0.4) is 0 Å². The smallest absolute Gasteiger partial charge is 0.336 e. The minimum Gasteiger partial charge on any atom is -0.487 e. The van der Waals surface area contributed by atoms with E-state index < -0.39 is 5.97 Å². The molecule has 5 heteroatoms. The van der Waals surface area contributed by atoms with E-state index in [1.54, 1.807) is 36.9 Å². The molecule has 0 bridgehead atoms. The van der Waals surface area contributed by atoms with Gasteiger partial charge in [0.15, 0.2) is 0 Å². The lowest BCUT2D eigenvalue weighted by Crippen LogP contribution is -2.07. The van der Waals surface area contributed by atoms with E-state index in [9.17, 15) is 9.90 Å². The number of carboxylic acids is 1. The standard InChI is InChI=1S/C18H24N2O3.C2H4/c1-7-15(23-11-14-8-9-19-20(14)6)10-16(12(2)3)17(13(4)5)18(21)22;1-2/h7-10H,1,11H2,2-6H3,(H,21,22);1-2H2/b15-10+;. The van der Waals surface area contributed by atoms with Crippen molar-refractivity contribution in [3.05, 3.63) is 77.9 Å². The van der Waals surface area contributed by atoms with Gasteiger partial charge in [0.05, 0.1) is 11.3 Å². The molecule has 5 nitrogen and oxygen atoms in total. The summed E-state index contributed by atoms with van der Waals surface area (Å²) in [6.45, 7) is 17.4. The number of aromatic nitrogens is 2. The van der Waals surface area contributed by atoms with Gasteiger partial charge in [-0.3, -0.25) is 4.68 Å². The zero-order chi connectivity index (χ0) is 19.6. The van der Waals surface area contributed by atoms with Crippen LogP contribution in [0.1, 0.15) is 33.4 Å². The molecule has 1 aromatic heterocycles. The van der Waals surface area contributed by atoms with Gasteiger partial charge in [-0.05, 0) is 51.5 Å². The minimum atomic E-state index is -0.951. The van der Waals surface area contributed by atoms with Gasteiger partial charge in [0.1, 0.15) is 12.4 Å². The molecule has 0 aromatic carbocycles. The molecule has 25 heavy (non-hydrogen) atoms. The van der Waals surface area contributed by atoms with E-state index in [0.717, 1.165) is 16.8 Å². The van der Waals surface area contributed by atoms with Crippen molar-refractivity contribution in [3.63, 3.8) is 0 Å². The summed E-state index contributed by atoms with van der Waals surface area (Å²) in [7, 11) is 1.84. The van der Waals surface area contributed by atoms with Gasteiger partial charge >= 0.3 is 5.97 Å². The fourth-order valence-electron chi connectivity index (χ4n) is 2.07. The molecule has 0 fully saturated rings. The quantitative estimate of drug-likeness (QED) is 0.341. The number of carbonyl (C=O) groups is 1. The van der Waals surface area contributed by atoms with Crippen LogP contribution in [0.25, 0.3) is 0 Å². The molecule has 1 heterocycles. The monoisotopic (exact) mass is 344 g/mol. The van der Waals surface area contributed by atoms with Gasteiger partial charge in [-0.25, -0.2) is 4.79 Å². The molecule has 0 spiro atoms. The maximum Gasteiger partial charge on any atom is 0.336 e. The second-order valence-electron chi connectivity index (χ2n) is 5.58. The highest BCUT2D eigenvalue weighted by atomic mass is 16.5. The highest BCUT2D eigenvalue weighted by molar-refractivity contribution is 5.94.